The van der Waals surface area contributed by atoms with Gasteiger partial charge in [0.2, 0.25) is 0 Å². The van der Waals surface area contributed by atoms with Crippen LogP contribution < -0.4 is 5.32 Å². The van der Waals surface area contributed by atoms with Crippen molar-refractivity contribution in [2.75, 3.05) is 13.1 Å². The van der Waals surface area contributed by atoms with E-state index >= 15 is 0 Å². The van der Waals surface area contributed by atoms with E-state index in [4.69, 9.17) is 0 Å². The standard InChI is InChI=1S/C14H13Br2NS/c15-11-4-2-1-3-10(11)14(8-17-9-14)7-13-12(16)5-6-18-13/h1-6,17H,7-9H2. The molecular formula is C14H13Br2NS. The Balaban J connectivity index is 1.96. The van der Waals surface area contributed by atoms with Crippen molar-refractivity contribution in [1.29, 1.82) is 0 Å². The van der Waals surface area contributed by atoms with Gasteiger partial charge in [0.15, 0.2) is 0 Å². The first-order valence-corrected chi connectivity index (χ1v) is 8.35. The summed E-state index contributed by atoms with van der Waals surface area (Å²) in [5.74, 6) is 0. The zero-order valence-corrected chi connectivity index (χ0v) is 13.7. The van der Waals surface area contributed by atoms with E-state index < -0.39 is 0 Å². The maximum absolute atomic E-state index is 3.69. The maximum atomic E-state index is 3.69. The second-order valence-corrected chi connectivity index (χ2v) is 7.44. The zero-order chi connectivity index (χ0) is 12.6. The highest BCUT2D eigenvalue weighted by Crippen LogP contribution is 2.39. The van der Waals surface area contributed by atoms with Crippen molar-refractivity contribution in [3.8, 4) is 0 Å². The SMILES string of the molecule is Brc1ccccc1C1(Cc2sccc2Br)CNC1. The number of nitrogens with one attached hydrogen (secondary N) is 1. The zero-order valence-electron chi connectivity index (χ0n) is 9.75. The summed E-state index contributed by atoms with van der Waals surface area (Å²) in [6, 6.07) is 10.7. The van der Waals surface area contributed by atoms with Gasteiger partial charge >= 0.3 is 0 Å². The summed E-state index contributed by atoms with van der Waals surface area (Å²) in [6.07, 6.45) is 1.10. The van der Waals surface area contributed by atoms with E-state index in [0.29, 0.717) is 0 Å². The van der Waals surface area contributed by atoms with E-state index in [9.17, 15) is 0 Å². The van der Waals surface area contributed by atoms with Crippen molar-refractivity contribution in [3.05, 3.63) is 55.1 Å². The van der Waals surface area contributed by atoms with Gasteiger partial charge in [0.05, 0.1) is 0 Å². The third-order valence-corrected chi connectivity index (χ3v) is 6.18. The number of hydrogen-bond donors (Lipinski definition) is 1. The third-order valence-electron chi connectivity index (χ3n) is 3.56. The Hall–Kier alpha value is -0.160. The van der Waals surface area contributed by atoms with Gasteiger partial charge in [0.1, 0.15) is 0 Å². The largest absolute Gasteiger partial charge is 0.315 e. The lowest BCUT2D eigenvalue weighted by atomic mass is 9.72. The molecule has 18 heavy (non-hydrogen) atoms. The van der Waals surface area contributed by atoms with E-state index in [1.165, 1.54) is 19.4 Å². The first-order chi connectivity index (χ1) is 8.71. The number of benzene rings is 1. The number of rotatable bonds is 3. The average molecular weight is 387 g/mol. The van der Waals surface area contributed by atoms with Gasteiger partial charge in [-0.3, -0.25) is 0 Å². The van der Waals surface area contributed by atoms with Crippen LogP contribution in [0, 0.1) is 0 Å². The molecule has 1 nitrogen and oxygen atoms in total. The van der Waals surface area contributed by atoms with Gasteiger partial charge < -0.3 is 5.32 Å². The van der Waals surface area contributed by atoms with Crippen LogP contribution in [0.5, 0.6) is 0 Å². The molecule has 0 atom stereocenters. The smallest absolute Gasteiger partial charge is 0.0314 e. The van der Waals surface area contributed by atoms with Crippen LogP contribution in [0.25, 0.3) is 0 Å². The molecule has 1 saturated heterocycles. The molecule has 2 heterocycles. The minimum atomic E-state index is 0.244. The van der Waals surface area contributed by atoms with Gasteiger partial charge in [-0.1, -0.05) is 34.1 Å². The number of hydrogen-bond acceptors (Lipinski definition) is 2. The van der Waals surface area contributed by atoms with Crippen LogP contribution in [0.1, 0.15) is 10.4 Å². The van der Waals surface area contributed by atoms with Gasteiger partial charge in [-0.15, -0.1) is 11.3 Å². The quantitative estimate of drug-likeness (QED) is 0.826. The van der Waals surface area contributed by atoms with Crippen LogP contribution in [0.3, 0.4) is 0 Å². The molecule has 0 radical (unpaired) electrons. The predicted molar refractivity (Wildman–Crippen MR) is 84.4 cm³/mol. The Morgan fingerprint density at radius 1 is 1.11 bits per heavy atom. The first kappa shape index (κ1) is 12.9. The van der Waals surface area contributed by atoms with Gasteiger partial charge in [-0.2, -0.15) is 0 Å². The number of halogens is 2. The minimum Gasteiger partial charge on any atom is -0.315 e. The topological polar surface area (TPSA) is 12.0 Å². The molecule has 1 aromatic carbocycles. The molecule has 2 aromatic rings. The molecule has 3 rings (SSSR count). The van der Waals surface area contributed by atoms with Crippen LogP contribution in [0.2, 0.25) is 0 Å². The van der Waals surface area contributed by atoms with E-state index in [-0.39, 0.29) is 5.41 Å². The molecular weight excluding hydrogens is 374 g/mol. The molecule has 1 N–H and O–H groups in total. The normalized spacial score (nSPS) is 17.4. The van der Waals surface area contributed by atoms with Crippen LogP contribution in [-0.2, 0) is 11.8 Å². The van der Waals surface area contributed by atoms with Gasteiger partial charge in [-0.05, 0) is 45.4 Å². The maximum Gasteiger partial charge on any atom is 0.0314 e. The molecule has 0 saturated carbocycles. The van der Waals surface area contributed by atoms with E-state index in [2.05, 4.69) is 72.9 Å². The van der Waals surface area contributed by atoms with Gasteiger partial charge in [-0.25, -0.2) is 0 Å². The van der Waals surface area contributed by atoms with Crippen LogP contribution in [0.15, 0.2) is 44.7 Å². The van der Waals surface area contributed by atoms with Crippen molar-refractivity contribution in [3.63, 3.8) is 0 Å². The summed E-state index contributed by atoms with van der Waals surface area (Å²) in [5, 5.41) is 5.58. The molecule has 0 spiro atoms. The average Bonchev–Trinajstić information content (AvgIpc) is 2.71. The van der Waals surface area contributed by atoms with Crippen molar-refractivity contribution >= 4 is 43.2 Å². The molecule has 0 bridgehead atoms. The van der Waals surface area contributed by atoms with Gasteiger partial charge in [0.25, 0.3) is 0 Å². The Labute approximate surface area is 128 Å². The lowest BCUT2D eigenvalue weighted by Crippen LogP contribution is -2.58. The predicted octanol–water partition coefficient (Wildman–Crippen LogP) is 4.36. The molecule has 1 aliphatic rings. The highest BCUT2D eigenvalue weighted by Gasteiger charge is 2.40. The van der Waals surface area contributed by atoms with Crippen molar-refractivity contribution in [1.82, 2.24) is 5.32 Å². The Bertz CT molecular complexity index is 560. The second-order valence-electron chi connectivity index (χ2n) is 4.73. The van der Waals surface area contributed by atoms with Crippen LogP contribution in [-0.4, -0.2) is 13.1 Å². The van der Waals surface area contributed by atoms with Crippen LogP contribution in [0.4, 0.5) is 0 Å². The molecule has 0 aliphatic carbocycles. The second kappa shape index (κ2) is 5.08. The Kier molecular flexibility index (Phi) is 3.63. The molecule has 1 aromatic heterocycles. The summed E-state index contributed by atoms with van der Waals surface area (Å²) >= 11 is 9.17. The summed E-state index contributed by atoms with van der Waals surface area (Å²) in [4.78, 5) is 1.44. The lowest BCUT2D eigenvalue weighted by molar-refractivity contribution is 0.275. The highest BCUT2D eigenvalue weighted by molar-refractivity contribution is 9.10. The number of thiophene rings is 1. The van der Waals surface area contributed by atoms with E-state index in [1.807, 2.05) is 11.3 Å². The highest BCUT2D eigenvalue weighted by atomic mass is 79.9. The van der Waals surface area contributed by atoms with Crippen molar-refractivity contribution in [2.24, 2.45) is 0 Å². The summed E-state index contributed by atoms with van der Waals surface area (Å²) < 4.78 is 2.46. The van der Waals surface area contributed by atoms with E-state index in [1.54, 1.807) is 0 Å². The molecule has 4 heteroatoms. The molecule has 1 fully saturated rings. The van der Waals surface area contributed by atoms with Crippen LogP contribution >= 0.6 is 43.2 Å². The first-order valence-electron chi connectivity index (χ1n) is 5.89. The fourth-order valence-electron chi connectivity index (χ4n) is 2.49. The Morgan fingerprint density at radius 3 is 2.44 bits per heavy atom. The van der Waals surface area contributed by atoms with Crippen molar-refractivity contribution < 1.29 is 0 Å². The molecule has 0 amide bonds. The van der Waals surface area contributed by atoms with Gasteiger partial charge in [0, 0.05) is 32.3 Å². The lowest BCUT2D eigenvalue weighted by Gasteiger charge is -2.44. The van der Waals surface area contributed by atoms with Crippen molar-refractivity contribution in [2.45, 2.75) is 11.8 Å². The molecule has 1 aliphatic heterocycles. The minimum absolute atomic E-state index is 0.244. The molecule has 94 valence electrons. The summed E-state index contributed by atoms with van der Waals surface area (Å²) in [7, 11) is 0. The summed E-state index contributed by atoms with van der Waals surface area (Å²) in [5.41, 5.74) is 1.66. The summed E-state index contributed by atoms with van der Waals surface area (Å²) in [6.45, 7) is 2.11. The fourth-order valence-corrected chi connectivity index (χ4v) is 4.83. The monoisotopic (exact) mass is 385 g/mol. The van der Waals surface area contributed by atoms with E-state index in [0.717, 1.165) is 19.5 Å². The third kappa shape index (κ3) is 2.20. The Morgan fingerprint density at radius 2 is 1.89 bits per heavy atom. The molecule has 0 unspecified atom stereocenters. The fraction of sp³-hybridized carbons (Fsp3) is 0.286.